The first-order valence-electron chi connectivity index (χ1n) is 12.0. The largest absolute Gasteiger partial charge is 0.281 e. The fourth-order valence-electron chi connectivity index (χ4n) is 4.92. The normalized spacial score (nSPS) is 15.5. The van der Waals surface area contributed by atoms with Gasteiger partial charge in [-0.05, 0) is 58.2 Å². The molecule has 174 valence electrons. The third-order valence-electron chi connectivity index (χ3n) is 6.57. The number of aromatic nitrogens is 5. The van der Waals surface area contributed by atoms with Crippen molar-refractivity contribution < 1.29 is 0 Å². The SMILES string of the molecule is Clc1ccc(C(c2nnnn2C2CCCCC2)N(Cc2ccccc2)Cc2cccnc2)cc1. The standard InChI is InChI=1S/C27H29ClN6/c28-24-15-13-23(14-16-24)26(27-30-31-32-34(27)25-11-5-2-6-12-25)33(19-21-8-3-1-4-9-21)20-22-10-7-17-29-18-22/h1,3-4,7-10,13-18,25-26H,2,5-6,11-12,19-20H2. The van der Waals surface area contributed by atoms with E-state index in [9.17, 15) is 0 Å². The van der Waals surface area contributed by atoms with Crippen LogP contribution in [0.25, 0.3) is 0 Å². The van der Waals surface area contributed by atoms with Crippen molar-refractivity contribution in [2.24, 2.45) is 0 Å². The molecule has 1 aliphatic rings. The Morgan fingerprint density at radius 2 is 1.62 bits per heavy atom. The zero-order chi connectivity index (χ0) is 23.2. The Morgan fingerprint density at radius 3 is 2.35 bits per heavy atom. The minimum absolute atomic E-state index is 0.130. The molecule has 2 heterocycles. The summed E-state index contributed by atoms with van der Waals surface area (Å²) in [6, 6.07) is 22.9. The number of benzene rings is 2. The first-order chi connectivity index (χ1) is 16.8. The molecule has 1 aliphatic carbocycles. The van der Waals surface area contributed by atoms with Gasteiger partial charge in [0.05, 0.1) is 12.1 Å². The highest BCUT2D eigenvalue weighted by atomic mass is 35.5. The number of tetrazole rings is 1. The highest BCUT2D eigenvalue weighted by Gasteiger charge is 2.31. The molecule has 6 nitrogen and oxygen atoms in total. The highest BCUT2D eigenvalue weighted by Crippen LogP contribution is 2.35. The maximum atomic E-state index is 6.27. The molecular weight excluding hydrogens is 444 g/mol. The van der Waals surface area contributed by atoms with E-state index >= 15 is 0 Å². The monoisotopic (exact) mass is 472 g/mol. The van der Waals surface area contributed by atoms with E-state index in [0.717, 1.165) is 41.4 Å². The molecule has 7 heteroatoms. The number of halogens is 1. The third kappa shape index (κ3) is 5.34. The van der Waals surface area contributed by atoms with Gasteiger partial charge in [-0.2, -0.15) is 0 Å². The van der Waals surface area contributed by atoms with Gasteiger partial charge in [0, 0.05) is 30.5 Å². The van der Waals surface area contributed by atoms with Crippen molar-refractivity contribution in [3.8, 4) is 0 Å². The molecule has 0 saturated heterocycles. The summed E-state index contributed by atoms with van der Waals surface area (Å²) in [6.45, 7) is 1.47. The first-order valence-corrected chi connectivity index (χ1v) is 12.4. The van der Waals surface area contributed by atoms with E-state index in [2.05, 4.69) is 78.6 Å². The summed E-state index contributed by atoms with van der Waals surface area (Å²) in [7, 11) is 0. The molecular formula is C27H29ClN6. The van der Waals surface area contributed by atoms with E-state index in [1.165, 1.54) is 24.8 Å². The Hall–Kier alpha value is -3.09. The average molecular weight is 473 g/mol. The summed E-state index contributed by atoms with van der Waals surface area (Å²) in [6.07, 6.45) is 9.71. The average Bonchev–Trinajstić information content (AvgIpc) is 3.36. The van der Waals surface area contributed by atoms with Gasteiger partial charge in [0.2, 0.25) is 0 Å². The van der Waals surface area contributed by atoms with E-state index in [1.807, 2.05) is 30.6 Å². The Kier molecular flexibility index (Phi) is 7.27. The molecule has 0 amide bonds. The number of rotatable bonds is 8. The van der Waals surface area contributed by atoms with Crippen LogP contribution in [-0.2, 0) is 13.1 Å². The predicted molar refractivity (Wildman–Crippen MR) is 133 cm³/mol. The van der Waals surface area contributed by atoms with Crippen LogP contribution < -0.4 is 0 Å². The zero-order valence-corrected chi connectivity index (χ0v) is 19.9. The summed E-state index contributed by atoms with van der Waals surface area (Å²) in [4.78, 5) is 6.78. The van der Waals surface area contributed by atoms with Gasteiger partial charge >= 0.3 is 0 Å². The lowest BCUT2D eigenvalue weighted by molar-refractivity contribution is 0.187. The number of hydrogen-bond acceptors (Lipinski definition) is 5. The number of pyridine rings is 1. The third-order valence-corrected chi connectivity index (χ3v) is 6.82. The van der Waals surface area contributed by atoms with E-state index in [0.29, 0.717) is 12.6 Å². The van der Waals surface area contributed by atoms with Crippen LogP contribution in [0.3, 0.4) is 0 Å². The van der Waals surface area contributed by atoms with Crippen molar-refractivity contribution in [1.29, 1.82) is 0 Å². The Labute approximate surface area is 205 Å². The van der Waals surface area contributed by atoms with Crippen LogP contribution in [-0.4, -0.2) is 30.1 Å². The molecule has 1 fully saturated rings. The van der Waals surface area contributed by atoms with E-state index in [-0.39, 0.29) is 6.04 Å². The minimum atomic E-state index is -0.130. The fraction of sp³-hybridized carbons (Fsp3) is 0.333. The van der Waals surface area contributed by atoms with Gasteiger partial charge in [-0.25, -0.2) is 4.68 Å². The lowest BCUT2D eigenvalue weighted by atomic mass is 9.95. The molecule has 0 bridgehead atoms. The molecule has 0 radical (unpaired) electrons. The van der Waals surface area contributed by atoms with Gasteiger partial charge in [0.25, 0.3) is 0 Å². The smallest absolute Gasteiger partial charge is 0.173 e. The fourth-order valence-corrected chi connectivity index (χ4v) is 5.04. The summed E-state index contributed by atoms with van der Waals surface area (Å²) >= 11 is 6.27. The summed E-state index contributed by atoms with van der Waals surface area (Å²) in [5.74, 6) is 0.883. The lowest BCUT2D eigenvalue weighted by Gasteiger charge is -2.33. The zero-order valence-electron chi connectivity index (χ0n) is 19.2. The molecule has 1 atom stereocenters. The molecule has 1 unspecified atom stereocenters. The molecule has 34 heavy (non-hydrogen) atoms. The summed E-state index contributed by atoms with van der Waals surface area (Å²) in [5.41, 5.74) is 3.51. The van der Waals surface area contributed by atoms with Gasteiger partial charge < -0.3 is 0 Å². The minimum Gasteiger partial charge on any atom is -0.281 e. The van der Waals surface area contributed by atoms with Crippen molar-refractivity contribution in [3.05, 3.63) is 107 Å². The highest BCUT2D eigenvalue weighted by molar-refractivity contribution is 6.30. The van der Waals surface area contributed by atoms with Crippen LogP contribution in [0.2, 0.25) is 5.02 Å². The summed E-state index contributed by atoms with van der Waals surface area (Å²) in [5, 5.41) is 14.0. The molecule has 0 aliphatic heterocycles. The van der Waals surface area contributed by atoms with Crippen LogP contribution >= 0.6 is 11.6 Å². The number of hydrogen-bond donors (Lipinski definition) is 0. The van der Waals surface area contributed by atoms with Gasteiger partial charge in [-0.1, -0.05) is 79.4 Å². The Bertz CT molecular complexity index is 1120. The summed E-state index contributed by atoms with van der Waals surface area (Å²) < 4.78 is 2.08. The van der Waals surface area contributed by atoms with Crippen molar-refractivity contribution >= 4 is 11.6 Å². The first kappa shape index (κ1) is 22.7. The lowest BCUT2D eigenvalue weighted by Crippen LogP contribution is -2.32. The molecule has 4 aromatic rings. The maximum Gasteiger partial charge on any atom is 0.173 e. The molecule has 0 N–H and O–H groups in total. The molecule has 1 saturated carbocycles. The topological polar surface area (TPSA) is 59.7 Å². The van der Waals surface area contributed by atoms with Crippen LogP contribution in [0.5, 0.6) is 0 Å². The van der Waals surface area contributed by atoms with Crippen molar-refractivity contribution in [2.45, 2.75) is 57.3 Å². The second kappa shape index (κ2) is 10.9. The quantitative estimate of drug-likeness (QED) is 0.314. The Morgan fingerprint density at radius 1 is 0.882 bits per heavy atom. The second-order valence-electron chi connectivity index (χ2n) is 8.98. The second-order valence-corrected chi connectivity index (χ2v) is 9.42. The van der Waals surface area contributed by atoms with E-state index in [1.54, 1.807) is 0 Å². The van der Waals surface area contributed by atoms with Crippen LogP contribution in [0, 0.1) is 0 Å². The van der Waals surface area contributed by atoms with Crippen molar-refractivity contribution in [1.82, 2.24) is 30.1 Å². The van der Waals surface area contributed by atoms with Crippen molar-refractivity contribution in [2.75, 3.05) is 0 Å². The maximum absolute atomic E-state index is 6.27. The predicted octanol–water partition coefficient (Wildman–Crippen LogP) is 6.02. The van der Waals surface area contributed by atoms with Crippen LogP contribution in [0.4, 0.5) is 0 Å². The van der Waals surface area contributed by atoms with Crippen molar-refractivity contribution in [3.63, 3.8) is 0 Å². The Balaban J connectivity index is 1.59. The van der Waals surface area contributed by atoms with E-state index < -0.39 is 0 Å². The molecule has 5 rings (SSSR count). The van der Waals surface area contributed by atoms with Crippen LogP contribution in [0.15, 0.2) is 79.1 Å². The molecule has 2 aromatic heterocycles. The van der Waals surface area contributed by atoms with Gasteiger partial charge in [0.1, 0.15) is 0 Å². The van der Waals surface area contributed by atoms with Gasteiger partial charge in [0.15, 0.2) is 5.82 Å². The van der Waals surface area contributed by atoms with Gasteiger partial charge in [-0.15, -0.1) is 5.10 Å². The van der Waals surface area contributed by atoms with E-state index in [4.69, 9.17) is 11.6 Å². The van der Waals surface area contributed by atoms with Gasteiger partial charge in [-0.3, -0.25) is 9.88 Å². The molecule has 0 spiro atoms. The van der Waals surface area contributed by atoms with Crippen LogP contribution in [0.1, 0.15) is 66.7 Å². The number of nitrogens with zero attached hydrogens (tertiary/aromatic N) is 6. The molecule has 2 aromatic carbocycles.